The summed E-state index contributed by atoms with van der Waals surface area (Å²) in [6.07, 6.45) is 1.73. The van der Waals surface area contributed by atoms with Crippen LogP contribution in [-0.2, 0) is 38.1 Å². The molecule has 9 nitrogen and oxygen atoms in total. The SMILES string of the molecule is CC(=O)OC1C[C@@H](OC(=O)c2ccccc2)/C(C)=C/[C@H]2[C@@H](OC(C)=O)[C@@H](C)C[C@]2(OC(C)=O)C(=O)/C(C)=C/CC1(C)C. The third-order valence-electron chi connectivity index (χ3n) is 8.20. The van der Waals surface area contributed by atoms with Gasteiger partial charge in [0.05, 0.1) is 11.5 Å². The summed E-state index contributed by atoms with van der Waals surface area (Å²) >= 11 is 0. The predicted octanol–water partition coefficient (Wildman–Crippen LogP) is 5.32. The highest BCUT2D eigenvalue weighted by Crippen LogP contribution is 2.48. The average molecular weight is 583 g/mol. The molecule has 1 saturated carbocycles. The van der Waals surface area contributed by atoms with E-state index in [1.54, 1.807) is 56.3 Å². The molecule has 0 spiro atoms. The van der Waals surface area contributed by atoms with Crippen molar-refractivity contribution in [3.8, 4) is 0 Å². The number of allylic oxidation sites excluding steroid dienone is 1. The zero-order valence-electron chi connectivity index (χ0n) is 25.7. The minimum Gasteiger partial charge on any atom is -0.462 e. The number of ketones is 1. The summed E-state index contributed by atoms with van der Waals surface area (Å²) in [5, 5.41) is 0. The number of hydrogen-bond acceptors (Lipinski definition) is 9. The number of fused-ring (bicyclic) bond motifs is 1. The summed E-state index contributed by atoms with van der Waals surface area (Å²) in [6, 6.07) is 8.51. The number of ether oxygens (including phenoxy) is 4. The smallest absolute Gasteiger partial charge is 0.338 e. The van der Waals surface area contributed by atoms with Crippen LogP contribution in [0, 0.1) is 17.3 Å². The molecule has 3 rings (SSSR count). The van der Waals surface area contributed by atoms with Crippen molar-refractivity contribution < 1.29 is 42.9 Å². The van der Waals surface area contributed by atoms with E-state index in [1.807, 2.05) is 20.8 Å². The molecular formula is C33H42O9. The lowest BCUT2D eigenvalue weighted by atomic mass is 9.76. The molecular weight excluding hydrogens is 540 g/mol. The van der Waals surface area contributed by atoms with Gasteiger partial charge < -0.3 is 18.9 Å². The standard InChI is InChI=1S/C33H42O9/c1-19-14-15-32(7,8)28(39-22(4)34)17-27(41-31(38)25-12-10-9-11-13-25)20(2)16-26-29(40-23(5)35)21(3)18-33(26,30(19)37)42-24(6)36/h9-14,16,21,26-29H,15,17-18H2,1-8H3/b19-14+,20-16+/t21-,26-,27+,28?,29-,33+/m0/s1. The summed E-state index contributed by atoms with van der Waals surface area (Å²) in [5.41, 5.74) is -1.04. The van der Waals surface area contributed by atoms with E-state index in [0.29, 0.717) is 23.1 Å². The Hall–Kier alpha value is -3.75. The molecule has 1 aromatic rings. The maximum Gasteiger partial charge on any atom is 0.338 e. The van der Waals surface area contributed by atoms with Crippen LogP contribution in [0.3, 0.4) is 0 Å². The first kappa shape index (κ1) is 32.8. The summed E-state index contributed by atoms with van der Waals surface area (Å²) in [7, 11) is 0. The van der Waals surface area contributed by atoms with Crippen molar-refractivity contribution >= 4 is 29.7 Å². The third-order valence-corrected chi connectivity index (χ3v) is 8.20. The topological polar surface area (TPSA) is 122 Å². The van der Waals surface area contributed by atoms with Gasteiger partial charge in [0.15, 0.2) is 5.60 Å². The molecule has 228 valence electrons. The predicted molar refractivity (Wildman–Crippen MR) is 154 cm³/mol. The minimum absolute atomic E-state index is 0.134. The second-order valence-electron chi connectivity index (χ2n) is 12.2. The lowest BCUT2D eigenvalue weighted by Gasteiger charge is -2.38. The van der Waals surface area contributed by atoms with E-state index >= 15 is 0 Å². The third kappa shape index (κ3) is 7.36. The first-order valence-corrected chi connectivity index (χ1v) is 14.3. The van der Waals surface area contributed by atoms with Crippen LogP contribution < -0.4 is 0 Å². The zero-order valence-corrected chi connectivity index (χ0v) is 25.7. The highest BCUT2D eigenvalue weighted by Gasteiger charge is 2.60. The Morgan fingerprint density at radius 1 is 0.881 bits per heavy atom. The Bertz CT molecular complexity index is 1280. The van der Waals surface area contributed by atoms with Gasteiger partial charge >= 0.3 is 23.9 Å². The van der Waals surface area contributed by atoms with Gasteiger partial charge in [0, 0.05) is 39.0 Å². The first-order valence-electron chi connectivity index (χ1n) is 14.3. The summed E-state index contributed by atoms with van der Waals surface area (Å²) < 4.78 is 23.4. The van der Waals surface area contributed by atoms with E-state index in [0.717, 1.165) is 0 Å². The number of benzene rings is 1. The molecule has 1 unspecified atom stereocenters. The Morgan fingerprint density at radius 2 is 1.50 bits per heavy atom. The highest BCUT2D eigenvalue weighted by atomic mass is 16.6. The van der Waals surface area contributed by atoms with E-state index < -0.39 is 64.9 Å². The lowest BCUT2D eigenvalue weighted by molar-refractivity contribution is -0.169. The molecule has 0 bridgehead atoms. The number of carbonyl (C=O) groups excluding carboxylic acids is 5. The quantitative estimate of drug-likeness (QED) is 0.258. The van der Waals surface area contributed by atoms with Gasteiger partial charge in [-0.1, -0.05) is 51.1 Å². The van der Waals surface area contributed by atoms with Crippen LogP contribution in [0.15, 0.2) is 53.6 Å². The van der Waals surface area contributed by atoms with E-state index in [4.69, 9.17) is 18.9 Å². The summed E-state index contributed by atoms with van der Waals surface area (Å²) in [6.45, 7) is 12.9. The van der Waals surface area contributed by atoms with Crippen molar-refractivity contribution in [1.82, 2.24) is 0 Å². The molecule has 0 aliphatic heterocycles. The van der Waals surface area contributed by atoms with Gasteiger partial charge in [-0.3, -0.25) is 19.2 Å². The molecule has 0 N–H and O–H groups in total. The Labute approximate surface area is 247 Å². The van der Waals surface area contributed by atoms with E-state index in [9.17, 15) is 24.0 Å². The van der Waals surface area contributed by atoms with Crippen molar-refractivity contribution in [2.45, 2.75) is 98.6 Å². The maximum atomic E-state index is 14.2. The van der Waals surface area contributed by atoms with Crippen LogP contribution in [-0.4, -0.2) is 53.6 Å². The van der Waals surface area contributed by atoms with E-state index in [2.05, 4.69) is 0 Å². The van der Waals surface area contributed by atoms with E-state index in [1.165, 1.54) is 20.8 Å². The molecule has 1 fully saturated rings. The van der Waals surface area contributed by atoms with Crippen LogP contribution in [0.5, 0.6) is 0 Å². The molecule has 1 aromatic carbocycles. The fourth-order valence-electron chi connectivity index (χ4n) is 6.00. The van der Waals surface area contributed by atoms with Gasteiger partial charge in [-0.05, 0) is 49.5 Å². The fraction of sp³-hybridized carbons (Fsp3) is 0.545. The van der Waals surface area contributed by atoms with Gasteiger partial charge in [0.1, 0.15) is 18.3 Å². The molecule has 2 aliphatic carbocycles. The molecule has 2 aliphatic rings. The van der Waals surface area contributed by atoms with Crippen LogP contribution in [0.25, 0.3) is 0 Å². The summed E-state index contributed by atoms with van der Waals surface area (Å²) in [5.74, 6) is -3.84. The van der Waals surface area contributed by atoms with Crippen molar-refractivity contribution in [2.75, 3.05) is 0 Å². The molecule has 0 aromatic heterocycles. The number of carbonyl (C=O) groups is 5. The monoisotopic (exact) mass is 582 g/mol. The zero-order chi connectivity index (χ0) is 31.4. The van der Waals surface area contributed by atoms with Gasteiger partial charge in [-0.2, -0.15) is 0 Å². The second-order valence-corrected chi connectivity index (χ2v) is 12.2. The van der Waals surface area contributed by atoms with Crippen LogP contribution >= 0.6 is 0 Å². The normalized spacial score (nSPS) is 31.9. The van der Waals surface area contributed by atoms with Gasteiger partial charge in [-0.15, -0.1) is 0 Å². The van der Waals surface area contributed by atoms with Crippen LogP contribution in [0.2, 0.25) is 0 Å². The van der Waals surface area contributed by atoms with Gasteiger partial charge in [-0.25, -0.2) is 4.79 Å². The number of Topliss-reactive ketones (excluding diaryl/α,β-unsaturated/α-hetero) is 1. The number of rotatable bonds is 5. The fourth-order valence-corrected chi connectivity index (χ4v) is 6.00. The second kappa shape index (κ2) is 13.0. The summed E-state index contributed by atoms with van der Waals surface area (Å²) in [4.78, 5) is 64.3. The number of esters is 4. The van der Waals surface area contributed by atoms with Crippen molar-refractivity contribution in [3.63, 3.8) is 0 Å². The maximum absolute atomic E-state index is 14.2. The van der Waals surface area contributed by atoms with Crippen LogP contribution in [0.4, 0.5) is 0 Å². The first-order chi connectivity index (χ1) is 19.6. The molecule has 9 heteroatoms. The molecule has 6 atom stereocenters. The highest BCUT2D eigenvalue weighted by molar-refractivity contribution is 6.03. The largest absolute Gasteiger partial charge is 0.462 e. The molecule has 0 saturated heterocycles. The van der Waals surface area contributed by atoms with Crippen LogP contribution in [0.1, 0.15) is 85.0 Å². The Kier molecular flexibility index (Phi) is 10.2. The lowest BCUT2D eigenvalue weighted by Crippen LogP contribution is -2.49. The van der Waals surface area contributed by atoms with Gasteiger partial charge in [0.25, 0.3) is 0 Å². The molecule has 0 amide bonds. The molecule has 0 heterocycles. The molecule has 0 radical (unpaired) electrons. The van der Waals surface area contributed by atoms with Crippen molar-refractivity contribution in [2.24, 2.45) is 17.3 Å². The Balaban J connectivity index is 2.25. The minimum atomic E-state index is -1.64. The number of hydrogen-bond donors (Lipinski definition) is 0. The van der Waals surface area contributed by atoms with Gasteiger partial charge in [0.2, 0.25) is 5.78 Å². The Morgan fingerprint density at radius 3 is 2.07 bits per heavy atom. The van der Waals surface area contributed by atoms with Crippen molar-refractivity contribution in [3.05, 3.63) is 59.2 Å². The average Bonchev–Trinajstić information content (AvgIpc) is 3.15. The van der Waals surface area contributed by atoms with Crippen molar-refractivity contribution in [1.29, 1.82) is 0 Å². The molecule has 42 heavy (non-hydrogen) atoms. The van der Waals surface area contributed by atoms with E-state index in [-0.39, 0.29) is 18.8 Å².